The molecule has 2 rings (SSSR count). The summed E-state index contributed by atoms with van der Waals surface area (Å²) in [4.78, 5) is 4.19. The van der Waals surface area contributed by atoms with Crippen LogP contribution in [0.15, 0.2) is 4.52 Å². The normalized spacial score (nSPS) is 29.4. The second kappa shape index (κ2) is 3.87. The highest BCUT2D eigenvalue weighted by Crippen LogP contribution is 2.32. The third-order valence-electron chi connectivity index (χ3n) is 2.32. The van der Waals surface area contributed by atoms with Crippen LogP contribution in [0.4, 0.5) is 0 Å². The van der Waals surface area contributed by atoms with Crippen LogP contribution in [0.1, 0.15) is 49.9 Å². The Balaban J connectivity index is 2.09. The van der Waals surface area contributed by atoms with E-state index in [1.165, 1.54) is 0 Å². The first kappa shape index (κ1) is 9.93. The zero-order valence-electron chi connectivity index (χ0n) is 8.24. The number of hydrogen-bond donors (Lipinski definition) is 0. The Labute approximate surface area is 87.6 Å². The van der Waals surface area contributed by atoms with Gasteiger partial charge in [0.05, 0.1) is 11.5 Å². The largest absolute Gasteiger partial charge is 0.365 e. The zero-order chi connectivity index (χ0) is 10.1. The Morgan fingerprint density at radius 3 is 2.79 bits per heavy atom. The molecule has 2 heterocycles. The lowest BCUT2D eigenvalue weighted by Crippen LogP contribution is -2.01. The number of nitrogens with zero attached hydrogens (tertiary/aromatic N) is 2. The Hall–Kier alpha value is -0.610. The Morgan fingerprint density at radius 2 is 2.29 bits per heavy atom. The monoisotopic (exact) mass is 216 g/mol. The summed E-state index contributed by atoms with van der Waals surface area (Å²) >= 11 is 5.83. The summed E-state index contributed by atoms with van der Waals surface area (Å²) < 4.78 is 10.7. The predicted octanol–water partition coefficient (Wildman–Crippen LogP) is 2.61. The van der Waals surface area contributed by atoms with Crippen molar-refractivity contribution in [1.29, 1.82) is 0 Å². The molecule has 5 heteroatoms. The van der Waals surface area contributed by atoms with Gasteiger partial charge in [-0.05, 0) is 26.7 Å². The number of rotatable bonds is 2. The lowest BCUT2D eigenvalue weighted by molar-refractivity contribution is 0.0355. The number of alkyl halides is 1. The molecular formula is C9H13ClN2O2. The van der Waals surface area contributed by atoms with Gasteiger partial charge in [0.15, 0.2) is 5.82 Å². The van der Waals surface area contributed by atoms with Crippen LogP contribution < -0.4 is 0 Å². The molecule has 1 aromatic rings. The van der Waals surface area contributed by atoms with E-state index in [1.807, 2.05) is 13.8 Å². The van der Waals surface area contributed by atoms with Crippen LogP contribution in [0.2, 0.25) is 0 Å². The average molecular weight is 217 g/mol. The highest BCUT2D eigenvalue weighted by Gasteiger charge is 2.28. The van der Waals surface area contributed by atoms with E-state index in [1.54, 1.807) is 0 Å². The molecule has 1 aliphatic heterocycles. The highest BCUT2D eigenvalue weighted by atomic mass is 35.5. The van der Waals surface area contributed by atoms with Crippen LogP contribution in [0, 0.1) is 0 Å². The van der Waals surface area contributed by atoms with E-state index in [2.05, 4.69) is 10.1 Å². The van der Waals surface area contributed by atoms with Crippen LogP contribution >= 0.6 is 11.6 Å². The van der Waals surface area contributed by atoms with Gasteiger partial charge in [-0.3, -0.25) is 0 Å². The first-order valence-corrected chi connectivity index (χ1v) is 5.23. The quantitative estimate of drug-likeness (QED) is 0.713. The number of halogens is 1. The van der Waals surface area contributed by atoms with Crippen molar-refractivity contribution in [1.82, 2.24) is 10.1 Å². The van der Waals surface area contributed by atoms with Gasteiger partial charge in [-0.2, -0.15) is 4.98 Å². The van der Waals surface area contributed by atoms with Gasteiger partial charge in [0.2, 0.25) is 0 Å². The van der Waals surface area contributed by atoms with Gasteiger partial charge in [0.1, 0.15) is 6.10 Å². The Morgan fingerprint density at radius 1 is 1.50 bits per heavy atom. The number of hydrogen-bond acceptors (Lipinski definition) is 4. The summed E-state index contributed by atoms with van der Waals surface area (Å²) in [6.45, 7) is 3.86. The van der Waals surface area contributed by atoms with Crippen molar-refractivity contribution in [3.8, 4) is 0 Å². The highest BCUT2D eigenvalue weighted by molar-refractivity contribution is 6.20. The zero-order valence-corrected chi connectivity index (χ0v) is 8.99. The van der Waals surface area contributed by atoms with Crippen molar-refractivity contribution < 1.29 is 9.26 Å². The molecule has 14 heavy (non-hydrogen) atoms. The van der Waals surface area contributed by atoms with Gasteiger partial charge < -0.3 is 9.26 Å². The van der Waals surface area contributed by atoms with E-state index in [9.17, 15) is 0 Å². The molecule has 0 radical (unpaired) electrons. The van der Waals surface area contributed by atoms with Gasteiger partial charge in [-0.15, -0.1) is 11.6 Å². The van der Waals surface area contributed by atoms with E-state index in [0.717, 1.165) is 12.8 Å². The molecular weight excluding hydrogens is 204 g/mol. The van der Waals surface area contributed by atoms with Crippen molar-refractivity contribution in [2.75, 3.05) is 0 Å². The molecule has 1 aliphatic rings. The van der Waals surface area contributed by atoms with E-state index in [-0.39, 0.29) is 17.6 Å². The van der Waals surface area contributed by atoms with Crippen molar-refractivity contribution in [2.24, 2.45) is 0 Å². The minimum Gasteiger partial charge on any atom is -0.365 e. The molecule has 0 N–H and O–H groups in total. The summed E-state index contributed by atoms with van der Waals surface area (Å²) in [6, 6.07) is 0. The molecule has 0 saturated carbocycles. The van der Waals surface area contributed by atoms with Crippen molar-refractivity contribution in [3.63, 3.8) is 0 Å². The molecule has 0 aliphatic carbocycles. The summed E-state index contributed by atoms with van der Waals surface area (Å²) in [5, 5.41) is 3.57. The van der Waals surface area contributed by atoms with Gasteiger partial charge in [0, 0.05) is 0 Å². The second-order valence-corrected chi connectivity index (χ2v) is 4.27. The molecule has 1 fully saturated rings. The summed E-state index contributed by atoms with van der Waals surface area (Å²) in [7, 11) is 0. The molecule has 1 aromatic heterocycles. The first-order valence-electron chi connectivity index (χ1n) is 4.80. The molecule has 0 amide bonds. The molecule has 78 valence electrons. The number of aromatic nitrogens is 2. The SMILES string of the molecule is CC1CCC(c2nc(C(C)Cl)no2)O1. The van der Waals surface area contributed by atoms with E-state index in [4.69, 9.17) is 20.9 Å². The van der Waals surface area contributed by atoms with Crippen LogP contribution in [-0.4, -0.2) is 16.2 Å². The fourth-order valence-corrected chi connectivity index (χ4v) is 1.61. The van der Waals surface area contributed by atoms with E-state index < -0.39 is 0 Å². The first-order chi connectivity index (χ1) is 6.66. The van der Waals surface area contributed by atoms with E-state index >= 15 is 0 Å². The van der Waals surface area contributed by atoms with Crippen molar-refractivity contribution in [3.05, 3.63) is 11.7 Å². The molecule has 3 unspecified atom stereocenters. The minimum absolute atomic E-state index is 0.0401. The lowest BCUT2D eigenvalue weighted by Gasteiger charge is -2.04. The third-order valence-corrected chi connectivity index (χ3v) is 2.52. The molecule has 0 spiro atoms. The second-order valence-electron chi connectivity index (χ2n) is 3.62. The van der Waals surface area contributed by atoms with Crippen LogP contribution in [-0.2, 0) is 4.74 Å². The van der Waals surface area contributed by atoms with Gasteiger partial charge >= 0.3 is 0 Å². The van der Waals surface area contributed by atoms with Crippen LogP contribution in [0.3, 0.4) is 0 Å². The average Bonchev–Trinajstić information content (AvgIpc) is 2.70. The number of ether oxygens (including phenoxy) is 1. The summed E-state index contributed by atoms with van der Waals surface area (Å²) in [5.74, 6) is 1.08. The van der Waals surface area contributed by atoms with Gasteiger partial charge in [-0.25, -0.2) is 0 Å². The standard InChI is InChI=1S/C9H13ClN2O2/c1-5-3-4-7(13-5)9-11-8(6(2)10)12-14-9/h5-7H,3-4H2,1-2H3. The maximum atomic E-state index is 5.83. The fraction of sp³-hybridized carbons (Fsp3) is 0.778. The molecule has 0 bridgehead atoms. The smallest absolute Gasteiger partial charge is 0.255 e. The van der Waals surface area contributed by atoms with Crippen LogP contribution in [0.25, 0.3) is 0 Å². The summed E-state index contributed by atoms with van der Waals surface area (Å²) in [5.41, 5.74) is 0. The Bertz CT molecular complexity index is 314. The lowest BCUT2D eigenvalue weighted by atomic mass is 10.2. The predicted molar refractivity (Wildman–Crippen MR) is 51.1 cm³/mol. The summed E-state index contributed by atoms with van der Waals surface area (Å²) in [6.07, 6.45) is 2.23. The van der Waals surface area contributed by atoms with Crippen molar-refractivity contribution >= 4 is 11.6 Å². The topological polar surface area (TPSA) is 48.2 Å². The molecule has 0 aromatic carbocycles. The molecule has 3 atom stereocenters. The van der Waals surface area contributed by atoms with Gasteiger partial charge in [0.25, 0.3) is 5.89 Å². The van der Waals surface area contributed by atoms with Gasteiger partial charge in [-0.1, -0.05) is 5.16 Å². The molecule has 4 nitrogen and oxygen atoms in total. The van der Waals surface area contributed by atoms with E-state index in [0.29, 0.717) is 11.7 Å². The maximum Gasteiger partial charge on any atom is 0.255 e. The Kier molecular flexibility index (Phi) is 2.74. The van der Waals surface area contributed by atoms with Crippen molar-refractivity contribution in [2.45, 2.75) is 44.3 Å². The fourth-order valence-electron chi connectivity index (χ4n) is 1.52. The van der Waals surface area contributed by atoms with Crippen LogP contribution in [0.5, 0.6) is 0 Å². The maximum absolute atomic E-state index is 5.83. The third kappa shape index (κ3) is 1.91. The minimum atomic E-state index is -0.216. The molecule has 1 saturated heterocycles.